The highest BCUT2D eigenvalue weighted by molar-refractivity contribution is 5.83. The first-order valence-corrected chi connectivity index (χ1v) is 7.20. The van der Waals surface area contributed by atoms with Crippen LogP contribution in [-0.2, 0) is 12.8 Å². The van der Waals surface area contributed by atoms with E-state index in [2.05, 4.69) is 27.6 Å². The summed E-state index contributed by atoms with van der Waals surface area (Å²) in [5.41, 5.74) is 6.29. The van der Waals surface area contributed by atoms with Gasteiger partial charge in [0.05, 0.1) is 16.6 Å². The van der Waals surface area contributed by atoms with Crippen LogP contribution in [0, 0.1) is 11.3 Å². The molecule has 0 saturated carbocycles. The number of benzene rings is 1. The van der Waals surface area contributed by atoms with Crippen molar-refractivity contribution < 1.29 is 0 Å². The minimum Gasteiger partial charge on any atom is -0.295 e. The predicted molar refractivity (Wildman–Crippen MR) is 78.7 cm³/mol. The molecule has 0 aliphatic heterocycles. The molecule has 0 fully saturated rings. The van der Waals surface area contributed by atoms with Gasteiger partial charge >= 0.3 is 0 Å². The van der Waals surface area contributed by atoms with E-state index in [0.29, 0.717) is 5.56 Å². The Bertz CT molecular complexity index is 852. The molecule has 0 saturated heterocycles. The molecule has 20 heavy (non-hydrogen) atoms. The zero-order chi connectivity index (χ0) is 13.5. The zero-order valence-electron chi connectivity index (χ0n) is 11.3. The van der Waals surface area contributed by atoms with Crippen molar-refractivity contribution in [1.29, 1.82) is 5.26 Å². The van der Waals surface area contributed by atoms with Crippen molar-refractivity contribution in [3.63, 3.8) is 0 Å². The van der Waals surface area contributed by atoms with Crippen LogP contribution < -0.4 is 0 Å². The summed E-state index contributed by atoms with van der Waals surface area (Å²) in [6, 6.07) is 12.5. The van der Waals surface area contributed by atoms with E-state index >= 15 is 0 Å². The number of hydrogen-bond donors (Lipinski definition) is 0. The quantitative estimate of drug-likeness (QED) is 0.580. The maximum absolute atomic E-state index is 9.43. The van der Waals surface area contributed by atoms with Crippen LogP contribution in [0.25, 0.3) is 16.7 Å². The van der Waals surface area contributed by atoms with Crippen molar-refractivity contribution in [2.45, 2.75) is 32.1 Å². The molecule has 0 amide bonds. The minimum absolute atomic E-state index is 0.696. The van der Waals surface area contributed by atoms with Crippen molar-refractivity contribution in [1.82, 2.24) is 9.38 Å². The first-order chi connectivity index (χ1) is 9.88. The second-order valence-electron chi connectivity index (χ2n) is 5.46. The molecule has 1 aromatic carbocycles. The number of rotatable bonds is 0. The second-order valence-corrected chi connectivity index (χ2v) is 5.46. The maximum atomic E-state index is 9.43. The van der Waals surface area contributed by atoms with E-state index in [-0.39, 0.29) is 0 Å². The third-order valence-corrected chi connectivity index (χ3v) is 4.24. The molecule has 0 radical (unpaired) electrons. The summed E-state index contributed by atoms with van der Waals surface area (Å²) in [7, 11) is 0. The van der Waals surface area contributed by atoms with E-state index < -0.39 is 0 Å². The van der Waals surface area contributed by atoms with E-state index in [1.807, 2.05) is 18.2 Å². The van der Waals surface area contributed by atoms with Crippen molar-refractivity contribution in [2.24, 2.45) is 0 Å². The summed E-state index contributed by atoms with van der Waals surface area (Å²) < 4.78 is 2.22. The molecule has 1 aliphatic rings. The monoisotopic (exact) mass is 261 g/mol. The number of aromatic nitrogens is 2. The molecule has 1 aliphatic carbocycles. The molecule has 0 unspecified atom stereocenters. The fourth-order valence-electron chi connectivity index (χ4n) is 3.30. The number of fused-ring (bicyclic) bond motifs is 5. The number of nitriles is 1. The van der Waals surface area contributed by atoms with E-state index in [1.165, 1.54) is 30.5 Å². The number of aryl methyl sites for hydroxylation is 2. The van der Waals surface area contributed by atoms with Gasteiger partial charge in [0.1, 0.15) is 6.07 Å². The molecule has 0 spiro atoms. The summed E-state index contributed by atoms with van der Waals surface area (Å²) in [5, 5.41) is 9.43. The second kappa shape index (κ2) is 4.35. The molecular formula is C17H15N3. The van der Waals surface area contributed by atoms with Crippen LogP contribution in [0.1, 0.15) is 36.1 Å². The van der Waals surface area contributed by atoms with Crippen LogP contribution in [0.2, 0.25) is 0 Å². The summed E-state index contributed by atoms with van der Waals surface area (Å²) in [6.45, 7) is 0. The fourth-order valence-corrected chi connectivity index (χ4v) is 3.30. The molecule has 4 rings (SSSR count). The normalized spacial score (nSPS) is 14.9. The number of pyridine rings is 1. The highest BCUT2D eigenvalue weighted by Crippen LogP contribution is 2.28. The highest BCUT2D eigenvalue weighted by atomic mass is 15.0. The molecular weight excluding hydrogens is 246 g/mol. The van der Waals surface area contributed by atoms with Crippen LogP contribution >= 0.6 is 0 Å². The third-order valence-electron chi connectivity index (χ3n) is 4.24. The Morgan fingerprint density at radius 2 is 1.95 bits per heavy atom. The lowest BCUT2D eigenvalue weighted by molar-refractivity contribution is 0.707. The van der Waals surface area contributed by atoms with E-state index in [1.54, 1.807) is 0 Å². The van der Waals surface area contributed by atoms with Crippen LogP contribution in [0.3, 0.4) is 0 Å². The molecule has 3 heteroatoms. The maximum Gasteiger partial charge on any atom is 0.156 e. The summed E-state index contributed by atoms with van der Waals surface area (Å²) >= 11 is 0. The topological polar surface area (TPSA) is 41.1 Å². The number of para-hydroxylation sites is 2. The highest BCUT2D eigenvalue weighted by Gasteiger charge is 2.17. The van der Waals surface area contributed by atoms with E-state index in [4.69, 9.17) is 0 Å². The molecule has 98 valence electrons. The molecule has 2 heterocycles. The van der Waals surface area contributed by atoms with Crippen molar-refractivity contribution in [2.75, 3.05) is 0 Å². The van der Waals surface area contributed by atoms with E-state index in [0.717, 1.165) is 29.5 Å². The van der Waals surface area contributed by atoms with Crippen molar-refractivity contribution >= 4 is 16.7 Å². The molecule has 0 bridgehead atoms. The van der Waals surface area contributed by atoms with Crippen LogP contribution in [0.15, 0.2) is 30.3 Å². The number of imidazole rings is 1. The Balaban J connectivity index is 2.20. The Labute approximate surface area is 117 Å². The Morgan fingerprint density at radius 1 is 1.10 bits per heavy atom. The van der Waals surface area contributed by atoms with Crippen LogP contribution in [0.5, 0.6) is 0 Å². The lowest BCUT2D eigenvalue weighted by Crippen LogP contribution is -2.03. The van der Waals surface area contributed by atoms with Gasteiger partial charge in [-0.15, -0.1) is 0 Å². The molecule has 0 atom stereocenters. The zero-order valence-corrected chi connectivity index (χ0v) is 11.3. The van der Waals surface area contributed by atoms with Gasteiger partial charge in [-0.2, -0.15) is 5.26 Å². The fraction of sp³-hybridized carbons (Fsp3) is 0.294. The Morgan fingerprint density at radius 3 is 2.85 bits per heavy atom. The molecule has 0 N–H and O–H groups in total. The van der Waals surface area contributed by atoms with Gasteiger partial charge in [0.15, 0.2) is 5.65 Å². The summed E-state index contributed by atoms with van der Waals surface area (Å²) in [5.74, 6) is 0. The lowest BCUT2D eigenvalue weighted by Gasteiger charge is -2.11. The van der Waals surface area contributed by atoms with Gasteiger partial charge in [-0.3, -0.25) is 4.40 Å². The van der Waals surface area contributed by atoms with Gasteiger partial charge < -0.3 is 0 Å². The van der Waals surface area contributed by atoms with Gasteiger partial charge in [-0.05, 0) is 49.4 Å². The average Bonchev–Trinajstić information content (AvgIpc) is 2.71. The lowest BCUT2D eigenvalue weighted by atomic mass is 10.1. The molecule has 2 aromatic heterocycles. The van der Waals surface area contributed by atoms with Crippen LogP contribution in [0.4, 0.5) is 0 Å². The summed E-state index contributed by atoms with van der Waals surface area (Å²) in [4.78, 5) is 4.67. The van der Waals surface area contributed by atoms with Crippen molar-refractivity contribution in [3.8, 4) is 6.07 Å². The van der Waals surface area contributed by atoms with Gasteiger partial charge in [0, 0.05) is 5.69 Å². The smallest absolute Gasteiger partial charge is 0.156 e. The molecule has 3 nitrogen and oxygen atoms in total. The first-order valence-electron chi connectivity index (χ1n) is 7.20. The Kier molecular flexibility index (Phi) is 2.50. The van der Waals surface area contributed by atoms with Crippen molar-refractivity contribution in [3.05, 3.63) is 47.2 Å². The first kappa shape index (κ1) is 11.5. The van der Waals surface area contributed by atoms with Gasteiger partial charge in [-0.1, -0.05) is 18.6 Å². The van der Waals surface area contributed by atoms with Gasteiger partial charge in [0.25, 0.3) is 0 Å². The Hall–Kier alpha value is -2.34. The van der Waals surface area contributed by atoms with E-state index in [9.17, 15) is 5.26 Å². The standard InChI is InChI=1S/C17H15N3/c18-11-13-10-12-6-2-1-3-8-15(12)20-16-9-5-4-7-14(16)19-17(13)20/h4-5,7,9-10H,1-3,6,8H2. The predicted octanol–water partition coefficient (Wildman–Crippen LogP) is 3.63. The SMILES string of the molecule is N#Cc1cc2c(n3c1nc1ccccc13)CCCCC2. The average molecular weight is 261 g/mol. The number of nitrogens with zero attached hydrogens (tertiary/aromatic N) is 3. The van der Waals surface area contributed by atoms with Gasteiger partial charge in [0.2, 0.25) is 0 Å². The van der Waals surface area contributed by atoms with Gasteiger partial charge in [-0.25, -0.2) is 4.98 Å². The third kappa shape index (κ3) is 1.55. The van der Waals surface area contributed by atoms with Crippen LogP contribution in [-0.4, -0.2) is 9.38 Å². The minimum atomic E-state index is 0.696. The summed E-state index contributed by atoms with van der Waals surface area (Å²) in [6.07, 6.45) is 5.87. The molecule has 3 aromatic rings. The number of hydrogen-bond acceptors (Lipinski definition) is 2. The largest absolute Gasteiger partial charge is 0.295 e.